The first-order valence-electron chi connectivity index (χ1n) is 9.05. The van der Waals surface area contributed by atoms with Crippen LogP contribution in [0, 0.1) is 5.41 Å². The Balaban J connectivity index is 0.00000364. The Bertz CT molecular complexity index is 784. The number of hydrogen-bond acceptors (Lipinski definition) is 3. The first kappa shape index (κ1) is 23.1. The van der Waals surface area contributed by atoms with Crippen LogP contribution < -0.4 is 26.6 Å². The number of carbonyl (C=O) groups excluding carboxylic acids is 1. The van der Waals surface area contributed by atoms with E-state index in [2.05, 4.69) is 48.1 Å². The highest BCUT2D eigenvalue weighted by atomic mass is 79.9. The minimum Gasteiger partial charge on any atom is -1.00 e. The second-order valence-corrected chi connectivity index (χ2v) is 8.19. The molecule has 0 saturated heterocycles. The second kappa shape index (κ2) is 9.31. The Morgan fingerprint density at radius 3 is 2.30 bits per heavy atom. The largest absolute Gasteiger partial charge is 1.00 e. The molecule has 1 heterocycles. The highest BCUT2D eigenvalue weighted by molar-refractivity contribution is 5.83. The van der Waals surface area contributed by atoms with E-state index in [0.717, 1.165) is 17.1 Å². The average Bonchev–Trinajstić information content (AvgIpc) is 2.95. The Kier molecular flexibility index (Phi) is 7.96. The van der Waals surface area contributed by atoms with Gasteiger partial charge in [0, 0.05) is 25.2 Å². The van der Waals surface area contributed by atoms with Crippen LogP contribution in [-0.2, 0) is 11.3 Å². The molecule has 2 rings (SSSR count). The Morgan fingerprint density at radius 2 is 1.81 bits per heavy atom. The highest BCUT2D eigenvalue weighted by Gasteiger charge is 2.28. The molecule has 27 heavy (non-hydrogen) atoms. The third-order valence-electron chi connectivity index (χ3n) is 4.32. The van der Waals surface area contributed by atoms with Gasteiger partial charge in [-0.15, -0.1) is 4.68 Å². The van der Waals surface area contributed by atoms with Crippen molar-refractivity contribution in [2.45, 2.75) is 47.1 Å². The molecular weight excluding hydrogens is 404 g/mol. The molecule has 5 nitrogen and oxygen atoms in total. The maximum absolute atomic E-state index is 12.4. The zero-order valence-corrected chi connectivity index (χ0v) is 19.0. The molecule has 0 unspecified atom stereocenters. The third kappa shape index (κ3) is 6.03. The van der Waals surface area contributed by atoms with Crippen LogP contribution in [-0.4, -0.2) is 30.7 Å². The monoisotopic (exact) mass is 434 g/mol. The molecule has 1 aromatic heterocycles. The van der Waals surface area contributed by atoms with Crippen molar-refractivity contribution >= 4 is 17.7 Å². The molecule has 0 radical (unpaired) electrons. The molecule has 0 aliphatic carbocycles. The lowest BCUT2D eigenvalue weighted by Gasteiger charge is -2.15. The normalized spacial score (nSPS) is 11.7. The predicted octanol–water partition coefficient (Wildman–Crippen LogP) is 0.466. The zero-order chi connectivity index (χ0) is 19.5. The predicted molar refractivity (Wildman–Crippen MR) is 107 cm³/mol. The van der Waals surface area contributed by atoms with E-state index in [1.165, 1.54) is 0 Å². The zero-order valence-electron chi connectivity index (χ0n) is 17.4. The van der Waals surface area contributed by atoms with Gasteiger partial charge in [0.05, 0.1) is 12.1 Å². The fraction of sp³-hybridized carbons (Fsp3) is 0.476. The number of anilines is 1. The molecule has 0 saturated carbocycles. The van der Waals surface area contributed by atoms with E-state index in [-0.39, 0.29) is 34.1 Å². The smallest absolute Gasteiger partial charge is 0.284 e. The van der Waals surface area contributed by atoms with Gasteiger partial charge in [0.1, 0.15) is 12.7 Å². The van der Waals surface area contributed by atoms with Crippen molar-refractivity contribution < 1.29 is 26.5 Å². The molecule has 0 spiro atoms. The number of aromatic nitrogens is 2. The number of hydrogen-bond donors (Lipinski definition) is 0. The van der Waals surface area contributed by atoms with Crippen LogP contribution in [0.2, 0.25) is 0 Å². The lowest BCUT2D eigenvalue weighted by atomic mass is 9.91. The van der Waals surface area contributed by atoms with E-state index in [0.29, 0.717) is 6.54 Å². The Labute approximate surface area is 173 Å². The lowest BCUT2D eigenvalue weighted by molar-refractivity contribution is -0.686. The maximum Gasteiger partial charge on any atom is 0.284 e. The lowest BCUT2D eigenvalue weighted by Crippen LogP contribution is -3.00. The van der Waals surface area contributed by atoms with Crippen molar-refractivity contribution in [3.63, 3.8) is 0 Å². The van der Waals surface area contributed by atoms with Gasteiger partial charge >= 0.3 is 0 Å². The highest BCUT2D eigenvalue weighted by Crippen LogP contribution is 2.18. The first-order valence-corrected chi connectivity index (χ1v) is 9.05. The fourth-order valence-corrected chi connectivity index (χ4v) is 2.63. The number of halogens is 1. The summed E-state index contributed by atoms with van der Waals surface area (Å²) >= 11 is 0. The van der Waals surface area contributed by atoms with E-state index in [4.69, 9.17) is 0 Å². The van der Waals surface area contributed by atoms with Crippen LogP contribution in [0.1, 0.15) is 51.9 Å². The van der Waals surface area contributed by atoms with Gasteiger partial charge < -0.3 is 21.9 Å². The molecule has 0 aliphatic heterocycles. The molecule has 148 valence electrons. The summed E-state index contributed by atoms with van der Waals surface area (Å²) in [5.41, 5.74) is 1.85. The SMILES string of the molecule is CC(C)c1n(CC(=O)C(C)(C)C)cc[n+]1N=Cc1ccc(N(C)C)cc1.[Br-]. The maximum atomic E-state index is 12.4. The van der Waals surface area contributed by atoms with Crippen LogP contribution in [0.4, 0.5) is 5.69 Å². The molecule has 0 bridgehead atoms. The quantitative estimate of drug-likeness (QED) is 0.489. The molecule has 0 N–H and O–H groups in total. The van der Waals surface area contributed by atoms with Crippen LogP contribution in [0.3, 0.4) is 0 Å². The minimum absolute atomic E-state index is 0. The van der Waals surface area contributed by atoms with Crippen molar-refractivity contribution in [3.05, 3.63) is 48.0 Å². The van der Waals surface area contributed by atoms with Crippen LogP contribution in [0.25, 0.3) is 0 Å². The number of nitrogens with zero attached hydrogens (tertiary/aromatic N) is 4. The molecule has 1 aromatic carbocycles. The van der Waals surface area contributed by atoms with E-state index in [1.54, 1.807) is 0 Å². The van der Waals surface area contributed by atoms with Gasteiger partial charge in [-0.3, -0.25) is 4.79 Å². The molecule has 2 aromatic rings. The molecule has 0 atom stereocenters. The van der Waals surface area contributed by atoms with Crippen molar-refractivity contribution in [1.29, 1.82) is 0 Å². The van der Waals surface area contributed by atoms with Crippen LogP contribution in [0.15, 0.2) is 41.8 Å². The summed E-state index contributed by atoms with van der Waals surface area (Å²) < 4.78 is 3.87. The molecule has 0 aliphatic rings. The van der Waals surface area contributed by atoms with E-state index in [9.17, 15) is 4.79 Å². The van der Waals surface area contributed by atoms with Gasteiger partial charge in [-0.1, -0.05) is 51.9 Å². The van der Waals surface area contributed by atoms with Crippen molar-refractivity contribution in [3.8, 4) is 0 Å². The molecule has 0 amide bonds. The third-order valence-corrected chi connectivity index (χ3v) is 4.32. The molecule has 6 heteroatoms. The van der Waals surface area contributed by atoms with Gasteiger partial charge in [-0.2, -0.15) is 0 Å². The van der Waals surface area contributed by atoms with E-state index < -0.39 is 0 Å². The van der Waals surface area contributed by atoms with Gasteiger partial charge in [-0.05, 0) is 17.7 Å². The molecule has 0 fully saturated rings. The van der Waals surface area contributed by atoms with Gasteiger partial charge in [0.15, 0.2) is 12.0 Å². The first-order chi connectivity index (χ1) is 12.1. The number of ketones is 1. The van der Waals surface area contributed by atoms with Crippen molar-refractivity contribution in [1.82, 2.24) is 4.57 Å². The summed E-state index contributed by atoms with van der Waals surface area (Å²) in [7, 11) is 4.05. The topological polar surface area (TPSA) is 41.5 Å². The van der Waals surface area contributed by atoms with E-state index in [1.807, 2.05) is 62.7 Å². The standard InChI is InChI=1S/C21H31N4O.BrH/c1-16(2)20-24(15-19(26)21(3,4)5)12-13-25(20)22-14-17-8-10-18(11-9-17)23(6)7;/h8-14,16H,15H2,1-7H3;1H/q+1;/p-1. The average molecular weight is 435 g/mol. The Morgan fingerprint density at radius 1 is 1.22 bits per heavy atom. The number of benzene rings is 1. The van der Waals surface area contributed by atoms with Crippen molar-refractivity contribution in [2.75, 3.05) is 19.0 Å². The summed E-state index contributed by atoms with van der Waals surface area (Å²) in [6.07, 6.45) is 5.70. The number of imidazole rings is 1. The summed E-state index contributed by atoms with van der Waals surface area (Å²) in [6.45, 7) is 10.5. The number of Topliss-reactive ketones (excluding diaryl/α,β-unsaturated/α-hetero) is 1. The van der Waals surface area contributed by atoms with Gasteiger partial charge in [0.2, 0.25) is 0 Å². The van der Waals surface area contributed by atoms with Crippen molar-refractivity contribution in [2.24, 2.45) is 10.5 Å². The fourth-order valence-electron chi connectivity index (χ4n) is 2.63. The second-order valence-electron chi connectivity index (χ2n) is 8.19. The summed E-state index contributed by atoms with van der Waals surface area (Å²) in [5, 5.41) is 4.61. The number of rotatable bonds is 6. The summed E-state index contributed by atoms with van der Waals surface area (Å²) in [4.78, 5) is 14.5. The van der Waals surface area contributed by atoms with E-state index >= 15 is 0 Å². The minimum atomic E-state index is -0.346. The van der Waals surface area contributed by atoms with Gasteiger partial charge in [-0.25, -0.2) is 4.57 Å². The van der Waals surface area contributed by atoms with Crippen LogP contribution >= 0.6 is 0 Å². The van der Waals surface area contributed by atoms with Gasteiger partial charge in [0.25, 0.3) is 5.82 Å². The molecular formula is C21H31BrN4O. The number of carbonyl (C=O) groups is 1. The Hall–Kier alpha value is -1.95. The summed E-state index contributed by atoms with van der Waals surface area (Å²) in [6, 6.07) is 8.24. The van der Waals surface area contributed by atoms with Crippen LogP contribution in [0.5, 0.6) is 0 Å². The summed E-state index contributed by atoms with van der Waals surface area (Å²) in [5.74, 6) is 1.49.